The van der Waals surface area contributed by atoms with E-state index in [0.717, 1.165) is 87.9 Å². The predicted octanol–water partition coefficient (Wildman–Crippen LogP) is 15.0. The second kappa shape index (κ2) is 13.6. The van der Waals surface area contributed by atoms with E-state index in [9.17, 15) is 0 Å². The topological polar surface area (TPSA) is 56.7 Å². The largest absolute Gasteiger partial charge is 0.456 e. The summed E-state index contributed by atoms with van der Waals surface area (Å²) in [4.78, 5) is 16.3. The molecule has 0 fully saturated rings. The standard InChI is InChI=1S/C57H34N4O/c1-4-18-35(19-5-1)45-32-48-53(42-28-14-10-24-38(42)45)54-43-29-15-11-25-39(43)46(36-20-6-2-7-21-36)33-49(54)61(48)57-59-55(37-22-8-3-9-23-37)58-56(60-57)47-34-51-52(41-27-13-12-26-40(41)47)44-30-16-17-31-50(44)62-51/h1-34H. The maximum atomic E-state index is 6.57. The maximum Gasteiger partial charge on any atom is 0.238 e. The Morgan fingerprint density at radius 3 is 1.27 bits per heavy atom. The van der Waals surface area contributed by atoms with Crippen molar-refractivity contribution in [1.29, 1.82) is 0 Å². The highest BCUT2D eigenvalue weighted by atomic mass is 16.3. The lowest BCUT2D eigenvalue weighted by Gasteiger charge is -2.14. The highest BCUT2D eigenvalue weighted by Crippen LogP contribution is 2.46. The highest BCUT2D eigenvalue weighted by molar-refractivity contribution is 6.31. The number of furan rings is 1. The molecule has 5 heteroatoms. The van der Waals surface area contributed by atoms with E-state index in [4.69, 9.17) is 19.4 Å². The monoisotopic (exact) mass is 790 g/mol. The number of hydrogen-bond donors (Lipinski definition) is 0. The molecular weight excluding hydrogens is 757 g/mol. The van der Waals surface area contributed by atoms with Gasteiger partial charge in [-0.25, -0.2) is 4.98 Å². The number of rotatable bonds is 5. The van der Waals surface area contributed by atoms with E-state index in [1.54, 1.807) is 0 Å². The number of fused-ring (bicyclic) bond motifs is 12. The Morgan fingerprint density at radius 1 is 0.306 bits per heavy atom. The number of aromatic nitrogens is 4. The van der Waals surface area contributed by atoms with Gasteiger partial charge in [-0.05, 0) is 78.8 Å². The van der Waals surface area contributed by atoms with E-state index < -0.39 is 0 Å². The van der Waals surface area contributed by atoms with Crippen LogP contribution in [-0.4, -0.2) is 19.5 Å². The molecule has 10 aromatic carbocycles. The molecule has 0 aliphatic heterocycles. The molecule has 3 heterocycles. The molecular formula is C57H34N4O. The number of hydrogen-bond acceptors (Lipinski definition) is 4. The average Bonchev–Trinajstić information content (AvgIpc) is 3.90. The molecule has 0 bridgehead atoms. The van der Waals surface area contributed by atoms with Gasteiger partial charge in [0.1, 0.15) is 11.2 Å². The number of benzene rings is 10. The minimum Gasteiger partial charge on any atom is -0.456 e. The smallest absolute Gasteiger partial charge is 0.238 e. The minimum atomic E-state index is 0.534. The van der Waals surface area contributed by atoms with Crippen molar-refractivity contribution in [3.8, 4) is 51.0 Å². The van der Waals surface area contributed by atoms with Gasteiger partial charge in [-0.3, -0.25) is 4.57 Å². The summed E-state index contributed by atoms with van der Waals surface area (Å²) in [5, 5.41) is 11.3. The molecule has 288 valence electrons. The van der Waals surface area contributed by atoms with Crippen LogP contribution in [-0.2, 0) is 0 Å². The molecule has 0 amide bonds. The molecule has 62 heavy (non-hydrogen) atoms. The van der Waals surface area contributed by atoms with Gasteiger partial charge in [-0.15, -0.1) is 0 Å². The molecule has 0 radical (unpaired) electrons. The lowest BCUT2D eigenvalue weighted by Crippen LogP contribution is -2.07. The van der Waals surface area contributed by atoms with Gasteiger partial charge in [0.25, 0.3) is 0 Å². The molecule has 0 spiro atoms. The first kappa shape index (κ1) is 34.5. The zero-order valence-corrected chi connectivity index (χ0v) is 33.3. The second-order valence-electron chi connectivity index (χ2n) is 15.9. The van der Waals surface area contributed by atoms with Crippen molar-refractivity contribution >= 4 is 76.1 Å². The van der Waals surface area contributed by atoms with E-state index in [-0.39, 0.29) is 0 Å². The first-order valence-electron chi connectivity index (χ1n) is 20.9. The quantitative estimate of drug-likeness (QED) is 0.174. The Kier molecular flexibility index (Phi) is 7.54. The summed E-state index contributed by atoms with van der Waals surface area (Å²) in [7, 11) is 0. The van der Waals surface area contributed by atoms with Crippen LogP contribution in [0.4, 0.5) is 0 Å². The number of nitrogens with zero attached hydrogens (tertiary/aromatic N) is 4. The molecule has 13 rings (SSSR count). The van der Waals surface area contributed by atoms with Crippen LogP contribution in [0.3, 0.4) is 0 Å². The van der Waals surface area contributed by atoms with Gasteiger partial charge in [0, 0.05) is 32.7 Å². The van der Waals surface area contributed by atoms with Crippen LogP contribution in [0.1, 0.15) is 0 Å². The van der Waals surface area contributed by atoms with Crippen LogP contribution in [0.25, 0.3) is 127 Å². The average molecular weight is 791 g/mol. The molecule has 3 aromatic heterocycles. The van der Waals surface area contributed by atoms with Gasteiger partial charge in [-0.2, -0.15) is 9.97 Å². The van der Waals surface area contributed by atoms with Crippen LogP contribution < -0.4 is 0 Å². The van der Waals surface area contributed by atoms with Gasteiger partial charge < -0.3 is 4.42 Å². The number of para-hydroxylation sites is 1. The van der Waals surface area contributed by atoms with Crippen molar-refractivity contribution in [2.45, 2.75) is 0 Å². The van der Waals surface area contributed by atoms with Crippen LogP contribution in [0.2, 0.25) is 0 Å². The van der Waals surface area contributed by atoms with Gasteiger partial charge in [0.2, 0.25) is 5.95 Å². The van der Waals surface area contributed by atoms with E-state index in [0.29, 0.717) is 17.6 Å². The van der Waals surface area contributed by atoms with Crippen LogP contribution in [0, 0.1) is 0 Å². The third-order valence-corrected chi connectivity index (χ3v) is 12.4. The SMILES string of the molecule is c1ccc(-c2nc(-c3cc4oc5ccccc5c4c4ccccc34)nc(-n3c4cc(-c5ccccc5)c5ccccc5c4c4c5ccccc5c(-c5ccccc5)cc43)n2)cc1. The van der Waals surface area contributed by atoms with E-state index >= 15 is 0 Å². The fraction of sp³-hybridized carbons (Fsp3) is 0. The molecule has 0 N–H and O–H groups in total. The second-order valence-corrected chi connectivity index (χ2v) is 15.9. The van der Waals surface area contributed by atoms with Gasteiger partial charge >= 0.3 is 0 Å². The summed E-state index contributed by atoms with van der Waals surface area (Å²) in [5.41, 5.74) is 10.0. The Balaban J connectivity index is 1.21. The fourth-order valence-electron chi connectivity index (χ4n) is 9.73. The Hall–Kier alpha value is -8.41. The molecule has 5 nitrogen and oxygen atoms in total. The van der Waals surface area contributed by atoms with Gasteiger partial charge in [0.15, 0.2) is 11.6 Å². The summed E-state index contributed by atoms with van der Waals surface area (Å²) in [5.74, 6) is 1.68. The van der Waals surface area contributed by atoms with Crippen LogP contribution in [0.5, 0.6) is 0 Å². The first-order chi connectivity index (χ1) is 30.8. The minimum absolute atomic E-state index is 0.534. The Labute approximate surface area is 355 Å². The van der Waals surface area contributed by atoms with Gasteiger partial charge in [0.05, 0.1) is 11.0 Å². The van der Waals surface area contributed by atoms with Crippen LogP contribution >= 0.6 is 0 Å². The van der Waals surface area contributed by atoms with E-state index in [1.165, 1.54) is 21.5 Å². The lowest BCUT2D eigenvalue weighted by atomic mass is 9.92. The van der Waals surface area contributed by atoms with Crippen molar-refractivity contribution in [1.82, 2.24) is 19.5 Å². The zero-order chi connectivity index (χ0) is 40.7. The molecule has 0 saturated carbocycles. The third kappa shape index (κ3) is 5.18. The molecule has 13 aromatic rings. The van der Waals surface area contributed by atoms with Crippen molar-refractivity contribution in [3.63, 3.8) is 0 Å². The van der Waals surface area contributed by atoms with Gasteiger partial charge in [-0.1, -0.05) is 182 Å². The summed E-state index contributed by atoms with van der Waals surface area (Å²) in [6.07, 6.45) is 0. The third-order valence-electron chi connectivity index (χ3n) is 12.4. The zero-order valence-electron chi connectivity index (χ0n) is 33.3. The summed E-state index contributed by atoms with van der Waals surface area (Å²) in [6, 6.07) is 72.7. The maximum absolute atomic E-state index is 6.57. The van der Waals surface area contributed by atoms with Crippen molar-refractivity contribution in [2.75, 3.05) is 0 Å². The van der Waals surface area contributed by atoms with E-state index in [1.807, 2.05) is 30.3 Å². The molecule has 0 atom stereocenters. The molecule has 0 unspecified atom stereocenters. The fourth-order valence-corrected chi connectivity index (χ4v) is 9.73. The predicted molar refractivity (Wildman–Crippen MR) is 256 cm³/mol. The lowest BCUT2D eigenvalue weighted by molar-refractivity contribution is 0.669. The normalized spacial score (nSPS) is 11.9. The van der Waals surface area contributed by atoms with Crippen molar-refractivity contribution in [3.05, 3.63) is 206 Å². The summed E-state index contributed by atoms with van der Waals surface area (Å²) in [6.45, 7) is 0. The Bertz CT molecular complexity index is 3770. The summed E-state index contributed by atoms with van der Waals surface area (Å²) >= 11 is 0. The van der Waals surface area contributed by atoms with Crippen molar-refractivity contribution < 1.29 is 4.42 Å². The molecule has 0 aliphatic rings. The highest BCUT2D eigenvalue weighted by Gasteiger charge is 2.25. The van der Waals surface area contributed by atoms with Crippen LogP contribution in [0.15, 0.2) is 211 Å². The first-order valence-corrected chi connectivity index (χ1v) is 20.9. The van der Waals surface area contributed by atoms with Crippen molar-refractivity contribution in [2.24, 2.45) is 0 Å². The van der Waals surface area contributed by atoms with E-state index in [2.05, 4.69) is 180 Å². The Morgan fingerprint density at radius 2 is 0.726 bits per heavy atom. The molecule has 0 aliphatic carbocycles. The molecule has 0 saturated heterocycles. The summed E-state index contributed by atoms with van der Waals surface area (Å²) < 4.78 is 8.85.